The van der Waals surface area contributed by atoms with Gasteiger partial charge in [-0.25, -0.2) is 4.79 Å². The van der Waals surface area contributed by atoms with Crippen LogP contribution < -0.4 is 15.4 Å². The first-order valence-corrected chi connectivity index (χ1v) is 7.07. The number of hydrogen-bond acceptors (Lipinski definition) is 4. The number of benzene rings is 1. The molecular formula is C15H17F3N2O5. The average molecular weight is 362 g/mol. The molecule has 0 saturated heterocycles. The summed E-state index contributed by atoms with van der Waals surface area (Å²) in [7, 11) is 0. The summed E-state index contributed by atoms with van der Waals surface area (Å²) in [5.41, 5.74) is 1.18. The Balaban J connectivity index is 2.67. The van der Waals surface area contributed by atoms with E-state index in [9.17, 15) is 27.6 Å². The Morgan fingerprint density at radius 2 is 1.68 bits per heavy atom. The summed E-state index contributed by atoms with van der Waals surface area (Å²) in [4.78, 5) is 33.8. The first-order chi connectivity index (χ1) is 11.5. The zero-order chi connectivity index (χ0) is 19.2. The number of nitrogens with one attached hydrogen (secondary N) is 2. The second-order valence-electron chi connectivity index (χ2n) is 5.20. The predicted octanol–water partition coefficient (Wildman–Crippen LogP) is 1.18. The number of carboxylic acids is 1. The summed E-state index contributed by atoms with van der Waals surface area (Å²) < 4.78 is 41.0. The highest BCUT2D eigenvalue weighted by Gasteiger charge is 2.27. The molecule has 0 unspecified atom stereocenters. The van der Waals surface area contributed by atoms with Gasteiger partial charge in [0.05, 0.1) is 6.54 Å². The summed E-state index contributed by atoms with van der Waals surface area (Å²) in [5.74, 6) is -2.45. The molecule has 0 heterocycles. The van der Waals surface area contributed by atoms with Crippen LogP contribution in [0.15, 0.2) is 12.1 Å². The monoisotopic (exact) mass is 362 g/mol. The van der Waals surface area contributed by atoms with Crippen LogP contribution in [0.2, 0.25) is 0 Å². The number of carbonyl (C=O) groups excluding carboxylic acids is 2. The number of alkyl halides is 3. The lowest BCUT2D eigenvalue weighted by molar-refractivity contribution is -0.139. The van der Waals surface area contributed by atoms with E-state index in [1.165, 1.54) is 12.1 Å². The van der Waals surface area contributed by atoms with E-state index in [4.69, 9.17) is 9.84 Å². The van der Waals surface area contributed by atoms with Crippen LogP contribution in [-0.2, 0) is 9.59 Å². The molecule has 0 aromatic heterocycles. The van der Waals surface area contributed by atoms with Gasteiger partial charge in [0.15, 0.2) is 6.61 Å². The van der Waals surface area contributed by atoms with Crippen molar-refractivity contribution in [2.24, 2.45) is 0 Å². The molecule has 0 spiro atoms. The summed E-state index contributed by atoms with van der Waals surface area (Å²) in [6, 6.07) is 2.85. The summed E-state index contributed by atoms with van der Waals surface area (Å²) in [6.07, 6.45) is -4.53. The second-order valence-corrected chi connectivity index (χ2v) is 5.20. The molecule has 10 heteroatoms. The maximum Gasteiger partial charge on any atom is 0.405 e. The van der Waals surface area contributed by atoms with Gasteiger partial charge in [0.25, 0.3) is 5.91 Å². The van der Waals surface area contributed by atoms with Gasteiger partial charge < -0.3 is 20.5 Å². The van der Waals surface area contributed by atoms with E-state index < -0.39 is 43.7 Å². The van der Waals surface area contributed by atoms with Gasteiger partial charge >= 0.3 is 12.1 Å². The highest BCUT2D eigenvalue weighted by molar-refractivity contribution is 5.97. The predicted molar refractivity (Wildman–Crippen MR) is 80.4 cm³/mol. The molecule has 1 aromatic carbocycles. The number of hydrogen-bond donors (Lipinski definition) is 3. The van der Waals surface area contributed by atoms with Gasteiger partial charge in [0.1, 0.15) is 12.3 Å². The van der Waals surface area contributed by atoms with Gasteiger partial charge in [-0.15, -0.1) is 0 Å². The summed E-state index contributed by atoms with van der Waals surface area (Å²) in [6.45, 7) is 0.598. The normalized spacial score (nSPS) is 10.9. The summed E-state index contributed by atoms with van der Waals surface area (Å²) in [5, 5.41) is 12.5. The largest absolute Gasteiger partial charge is 0.481 e. The minimum absolute atomic E-state index is 0.168. The molecule has 0 bridgehead atoms. The van der Waals surface area contributed by atoms with Gasteiger partial charge in [0, 0.05) is 5.56 Å². The molecule has 0 radical (unpaired) electrons. The van der Waals surface area contributed by atoms with Gasteiger partial charge in [-0.05, 0) is 37.1 Å². The SMILES string of the molecule is Cc1cc(C(=O)NCC(=O)NCC(F)(F)F)cc(C)c1OCC(=O)O. The fourth-order valence-corrected chi connectivity index (χ4v) is 1.97. The molecule has 0 aliphatic heterocycles. The van der Waals surface area contributed by atoms with Crippen LogP contribution in [-0.4, -0.2) is 48.8 Å². The fraction of sp³-hybridized carbons (Fsp3) is 0.400. The van der Waals surface area contributed by atoms with Crippen molar-refractivity contribution in [2.75, 3.05) is 19.7 Å². The van der Waals surface area contributed by atoms with Crippen LogP contribution in [0.5, 0.6) is 5.75 Å². The Hall–Kier alpha value is -2.78. The second kappa shape index (κ2) is 8.36. The number of halogens is 3. The standard InChI is InChI=1S/C15H17F3N2O5/c1-8-3-10(4-9(2)13(8)25-6-12(22)23)14(24)19-5-11(21)20-7-15(16,17)18/h3-4H,5-7H2,1-2H3,(H,19,24)(H,20,21)(H,22,23). The minimum Gasteiger partial charge on any atom is -0.481 e. The third-order valence-electron chi connectivity index (χ3n) is 2.96. The molecule has 0 aliphatic rings. The Kier molecular flexibility index (Phi) is 6.77. The van der Waals surface area contributed by atoms with Crippen LogP contribution in [0.1, 0.15) is 21.5 Å². The van der Waals surface area contributed by atoms with Crippen molar-refractivity contribution < 1.29 is 37.4 Å². The minimum atomic E-state index is -4.53. The number of carboxylic acid groups (broad SMARTS) is 1. The van der Waals surface area contributed by atoms with Gasteiger partial charge in [-0.1, -0.05) is 0 Å². The summed E-state index contributed by atoms with van der Waals surface area (Å²) >= 11 is 0. The Labute approximate surface area is 141 Å². The third-order valence-corrected chi connectivity index (χ3v) is 2.96. The van der Waals surface area contributed by atoms with E-state index in [1.807, 2.05) is 0 Å². The van der Waals surface area contributed by atoms with Crippen molar-refractivity contribution in [3.8, 4) is 5.75 Å². The first-order valence-electron chi connectivity index (χ1n) is 7.07. The van der Waals surface area contributed by atoms with Crippen LogP contribution in [0.4, 0.5) is 13.2 Å². The van der Waals surface area contributed by atoms with Crippen molar-refractivity contribution in [1.29, 1.82) is 0 Å². The van der Waals surface area contributed by atoms with Crippen LogP contribution in [0.25, 0.3) is 0 Å². The molecule has 0 atom stereocenters. The lowest BCUT2D eigenvalue weighted by Crippen LogP contribution is -2.40. The van der Waals surface area contributed by atoms with Crippen LogP contribution in [0, 0.1) is 13.8 Å². The Morgan fingerprint density at radius 1 is 1.12 bits per heavy atom. The molecule has 0 saturated carbocycles. The first kappa shape index (κ1) is 20.3. The van der Waals surface area contributed by atoms with E-state index in [2.05, 4.69) is 5.32 Å². The van der Waals surface area contributed by atoms with E-state index in [0.29, 0.717) is 16.9 Å². The van der Waals surface area contributed by atoms with Crippen molar-refractivity contribution in [3.63, 3.8) is 0 Å². The third kappa shape index (κ3) is 7.10. The maximum atomic E-state index is 12.0. The topological polar surface area (TPSA) is 105 Å². The van der Waals surface area contributed by atoms with E-state index >= 15 is 0 Å². The number of aliphatic carboxylic acids is 1. The molecule has 7 nitrogen and oxygen atoms in total. The quantitative estimate of drug-likeness (QED) is 0.676. The smallest absolute Gasteiger partial charge is 0.405 e. The molecule has 25 heavy (non-hydrogen) atoms. The molecule has 3 N–H and O–H groups in total. The van der Waals surface area contributed by atoms with E-state index in [0.717, 1.165) is 0 Å². The molecule has 1 rings (SSSR count). The van der Waals surface area contributed by atoms with Crippen LogP contribution in [0.3, 0.4) is 0 Å². The van der Waals surface area contributed by atoms with Crippen molar-refractivity contribution in [2.45, 2.75) is 20.0 Å². The van der Waals surface area contributed by atoms with Crippen molar-refractivity contribution >= 4 is 17.8 Å². The molecule has 138 valence electrons. The average Bonchev–Trinajstić information content (AvgIpc) is 2.48. The van der Waals surface area contributed by atoms with E-state index in [1.54, 1.807) is 19.2 Å². The lowest BCUT2D eigenvalue weighted by atomic mass is 10.1. The Bertz CT molecular complexity index is 651. The zero-order valence-corrected chi connectivity index (χ0v) is 13.5. The molecule has 1 aromatic rings. The van der Waals surface area contributed by atoms with Gasteiger partial charge in [-0.3, -0.25) is 9.59 Å². The highest BCUT2D eigenvalue weighted by Crippen LogP contribution is 2.24. The zero-order valence-electron chi connectivity index (χ0n) is 13.5. The fourth-order valence-electron chi connectivity index (χ4n) is 1.97. The van der Waals surface area contributed by atoms with Crippen molar-refractivity contribution in [3.05, 3.63) is 28.8 Å². The number of aryl methyl sites for hydroxylation is 2. The maximum absolute atomic E-state index is 12.0. The van der Waals surface area contributed by atoms with Crippen LogP contribution >= 0.6 is 0 Å². The molecular weight excluding hydrogens is 345 g/mol. The Morgan fingerprint density at radius 3 is 2.16 bits per heavy atom. The van der Waals surface area contributed by atoms with Crippen molar-refractivity contribution in [1.82, 2.24) is 10.6 Å². The molecule has 0 aliphatic carbocycles. The molecule has 0 fully saturated rings. The number of amides is 2. The van der Waals surface area contributed by atoms with Gasteiger partial charge in [-0.2, -0.15) is 13.2 Å². The molecule has 2 amide bonds. The lowest BCUT2D eigenvalue weighted by Gasteiger charge is -2.13. The van der Waals surface area contributed by atoms with E-state index in [-0.39, 0.29) is 5.56 Å². The highest BCUT2D eigenvalue weighted by atomic mass is 19.4. The number of ether oxygens (including phenoxy) is 1. The number of carbonyl (C=O) groups is 3. The van der Waals surface area contributed by atoms with Gasteiger partial charge in [0.2, 0.25) is 5.91 Å². The number of rotatable bonds is 7.